The molecule has 0 saturated heterocycles. The van der Waals surface area contributed by atoms with Crippen molar-refractivity contribution in [1.82, 2.24) is 0 Å². The highest BCUT2D eigenvalue weighted by molar-refractivity contribution is 5.78. The Labute approximate surface area is 141 Å². The molecule has 2 heteroatoms. The number of rotatable bonds is 3. The van der Waals surface area contributed by atoms with Crippen LogP contribution >= 0.6 is 0 Å². The molecule has 0 aliphatic heterocycles. The highest BCUT2D eigenvalue weighted by Gasteiger charge is 2.26. The zero-order valence-electron chi connectivity index (χ0n) is 14.6. The molecular formula is C21H32N2. The summed E-state index contributed by atoms with van der Waals surface area (Å²) in [5, 5.41) is 0. The lowest BCUT2D eigenvalue weighted by molar-refractivity contribution is 0.440. The predicted octanol–water partition coefficient (Wildman–Crippen LogP) is 5.98. The fraction of sp³-hybridized carbons (Fsp3) is 0.619. The summed E-state index contributed by atoms with van der Waals surface area (Å²) in [7, 11) is 0. The molecule has 2 saturated carbocycles. The van der Waals surface area contributed by atoms with Gasteiger partial charge in [0, 0.05) is 22.5 Å². The van der Waals surface area contributed by atoms with Crippen molar-refractivity contribution in [3.8, 4) is 0 Å². The van der Waals surface area contributed by atoms with E-state index in [9.17, 15) is 0 Å². The fourth-order valence-corrected chi connectivity index (χ4v) is 4.73. The van der Waals surface area contributed by atoms with Crippen LogP contribution in [-0.2, 0) is 0 Å². The largest absolute Gasteiger partial charge is 0.398 e. The molecule has 1 aromatic rings. The Hall–Kier alpha value is -1.44. The van der Waals surface area contributed by atoms with Crippen LogP contribution in [0.1, 0.15) is 99.7 Å². The molecule has 0 unspecified atom stereocenters. The molecule has 0 heterocycles. The Morgan fingerprint density at radius 3 is 2.00 bits per heavy atom. The molecule has 2 fully saturated rings. The van der Waals surface area contributed by atoms with Gasteiger partial charge in [0.05, 0.1) is 0 Å². The lowest BCUT2D eigenvalue weighted by atomic mass is 9.77. The zero-order valence-corrected chi connectivity index (χ0v) is 14.6. The van der Waals surface area contributed by atoms with Crippen molar-refractivity contribution in [2.24, 2.45) is 0 Å². The van der Waals surface area contributed by atoms with Crippen LogP contribution in [0.15, 0.2) is 12.1 Å². The van der Waals surface area contributed by atoms with Gasteiger partial charge in [0.15, 0.2) is 0 Å². The zero-order chi connectivity index (χ0) is 16.2. The Morgan fingerprint density at radius 1 is 0.870 bits per heavy atom. The summed E-state index contributed by atoms with van der Waals surface area (Å²) in [6.45, 7) is 2.08. The van der Waals surface area contributed by atoms with E-state index in [4.69, 9.17) is 11.5 Å². The van der Waals surface area contributed by atoms with Gasteiger partial charge in [0.25, 0.3) is 0 Å². The van der Waals surface area contributed by atoms with E-state index in [1.165, 1.54) is 80.9 Å². The molecule has 0 aromatic heterocycles. The summed E-state index contributed by atoms with van der Waals surface area (Å²) in [4.78, 5) is 0. The first-order valence-electron chi connectivity index (χ1n) is 9.56. The minimum absolute atomic E-state index is 0.563. The number of anilines is 2. The van der Waals surface area contributed by atoms with E-state index in [0.717, 1.165) is 11.4 Å². The molecular weight excluding hydrogens is 280 g/mol. The average Bonchev–Trinajstić information content (AvgIpc) is 2.59. The number of allylic oxidation sites excluding steroid dienone is 1. The van der Waals surface area contributed by atoms with E-state index >= 15 is 0 Å². The van der Waals surface area contributed by atoms with E-state index in [2.05, 4.69) is 25.1 Å². The van der Waals surface area contributed by atoms with Gasteiger partial charge in [-0.1, -0.05) is 50.7 Å². The highest BCUT2D eigenvalue weighted by Crippen LogP contribution is 2.45. The molecule has 2 nitrogen and oxygen atoms in total. The number of nitrogen functional groups attached to an aromatic ring is 2. The van der Waals surface area contributed by atoms with E-state index in [1.807, 2.05) is 0 Å². The van der Waals surface area contributed by atoms with Gasteiger partial charge in [-0.25, -0.2) is 0 Å². The van der Waals surface area contributed by atoms with Gasteiger partial charge in [-0.3, -0.25) is 0 Å². The highest BCUT2D eigenvalue weighted by atomic mass is 14.6. The molecule has 2 aliphatic rings. The van der Waals surface area contributed by atoms with E-state index in [1.54, 1.807) is 0 Å². The first-order valence-corrected chi connectivity index (χ1v) is 9.56. The van der Waals surface area contributed by atoms with Gasteiger partial charge in [0.2, 0.25) is 0 Å². The molecule has 0 amide bonds. The van der Waals surface area contributed by atoms with Gasteiger partial charge >= 0.3 is 0 Å². The molecule has 23 heavy (non-hydrogen) atoms. The maximum Gasteiger partial charge on any atom is 0.0446 e. The summed E-state index contributed by atoms with van der Waals surface area (Å²) in [5.74, 6) is 1.20. The Bertz CT molecular complexity index is 562. The van der Waals surface area contributed by atoms with Crippen molar-refractivity contribution in [2.75, 3.05) is 11.5 Å². The Morgan fingerprint density at radius 2 is 1.43 bits per heavy atom. The van der Waals surface area contributed by atoms with Crippen LogP contribution in [0.25, 0.3) is 6.08 Å². The second-order valence-electron chi connectivity index (χ2n) is 7.47. The van der Waals surface area contributed by atoms with Crippen LogP contribution in [0, 0.1) is 0 Å². The van der Waals surface area contributed by atoms with Crippen molar-refractivity contribution in [3.63, 3.8) is 0 Å². The van der Waals surface area contributed by atoms with E-state index in [0.29, 0.717) is 11.8 Å². The fourth-order valence-electron chi connectivity index (χ4n) is 4.73. The van der Waals surface area contributed by atoms with Gasteiger partial charge in [0.1, 0.15) is 0 Å². The van der Waals surface area contributed by atoms with Crippen LogP contribution < -0.4 is 11.5 Å². The number of hydrogen-bond donors (Lipinski definition) is 2. The molecule has 0 bridgehead atoms. The Balaban J connectivity index is 2.03. The molecule has 0 spiro atoms. The molecule has 3 rings (SSSR count). The Kier molecular flexibility index (Phi) is 5.30. The van der Waals surface area contributed by atoms with Gasteiger partial charge in [-0.15, -0.1) is 0 Å². The second-order valence-corrected chi connectivity index (χ2v) is 7.47. The van der Waals surface area contributed by atoms with Gasteiger partial charge in [-0.05, 0) is 56.1 Å². The van der Waals surface area contributed by atoms with Gasteiger partial charge in [-0.2, -0.15) is 0 Å². The summed E-state index contributed by atoms with van der Waals surface area (Å²) < 4.78 is 0. The lowest BCUT2D eigenvalue weighted by Gasteiger charge is -2.29. The second kappa shape index (κ2) is 7.42. The minimum Gasteiger partial charge on any atom is -0.398 e. The third kappa shape index (κ3) is 3.41. The number of benzene rings is 1. The third-order valence-corrected chi connectivity index (χ3v) is 5.91. The van der Waals surface area contributed by atoms with Crippen molar-refractivity contribution in [3.05, 3.63) is 28.8 Å². The van der Waals surface area contributed by atoms with E-state index in [-0.39, 0.29) is 0 Å². The third-order valence-electron chi connectivity index (χ3n) is 5.91. The normalized spacial score (nSPS) is 21.1. The average molecular weight is 313 g/mol. The minimum atomic E-state index is 0.563. The predicted molar refractivity (Wildman–Crippen MR) is 102 cm³/mol. The van der Waals surface area contributed by atoms with Crippen LogP contribution in [0.4, 0.5) is 11.4 Å². The summed E-state index contributed by atoms with van der Waals surface area (Å²) in [6.07, 6.45) is 17.4. The first kappa shape index (κ1) is 16.4. The number of hydrogen-bond acceptors (Lipinski definition) is 2. The maximum absolute atomic E-state index is 6.68. The molecule has 1 aromatic carbocycles. The molecule has 4 N–H and O–H groups in total. The van der Waals surface area contributed by atoms with Crippen LogP contribution in [-0.4, -0.2) is 0 Å². The van der Waals surface area contributed by atoms with Gasteiger partial charge < -0.3 is 11.5 Å². The van der Waals surface area contributed by atoms with Crippen LogP contribution in [0.5, 0.6) is 0 Å². The van der Waals surface area contributed by atoms with Crippen molar-refractivity contribution in [2.45, 2.75) is 83.0 Å². The summed E-state index contributed by atoms with van der Waals surface area (Å²) in [5.41, 5.74) is 19.0. The number of nitrogens with two attached hydrogens (primary N) is 2. The van der Waals surface area contributed by atoms with Crippen molar-refractivity contribution in [1.29, 1.82) is 0 Å². The van der Waals surface area contributed by atoms with E-state index < -0.39 is 0 Å². The van der Waals surface area contributed by atoms with Crippen LogP contribution in [0.2, 0.25) is 0 Å². The standard InChI is InChI=1S/C21H32N2/c1-2-9-17-18(15-10-5-3-6-11-15)14-19(22)20(21(17)23)16-12-7-4-8-13-16/h2,9,14-16H,3-8,10-13,22-23H2,1H3. The maximum atomic E-state index is 6.68. The smallest absolute Gasteiger partial charge is 0.0446 e. The van der Waals surface area contributed by atoms with Crippen LogP contribution in [0.3, 0.4) is 0 Å². The molecule has 0 radical (unpaired) electrons. The summed E-state index contributed by atoms with van der Waals surface area (Å²) in [6, 6.07) is 2.27. The topological polar surface area (TPSA) is 52.0 Å². The first-order chi connectivity index (χ1) is 11.2. The lowest BCUT2D eigenvalue weighted by Crippen LogP contribution is -2.14. The molecule has 0 atom stereocenters. The quantitative estimate of drug-likeness (QED) is 0.674. The monoisotopic (exact) mass is 312 g/mol. The summed E-state index contributed by atoms with van der Waals surface area (Å²) >= 11 is 0. The van der Waals surface area contributed by atoms with Crippen molar-refractivity contribution >= 4 is 17.5 Å². The SMILES string of the molecule is CC=Cc1c(C2CCCCC2)cc(N)c(C2CCCCC2)c1N. The molecule has 2 aliphatic carbocycles. The van der Waals surface area contributed by atoms with Crippen molar-refractivity contribution < 1.29 is 0 Å². The molecule has 126 valence electrons.